The van der Waals surface area contributed by atoms with Crippen LogP contribution in [0.1, 0.15) is 36.0 Å². The van der Waals surface area contributed by atoms with Gasteiger partial charge in [0.15, 0.2) is 0 Å². The van der Waals surface area contributed by atoms with E-state index in [1.165, 1.54) is 32.5 Å². The summed E-state index contributed by atoms with van der Waals surface area (Å²) in [6, 6.07) is 2.95. The molecule has 0 aliphatic carbocycles. The van der Waals surface area contributed by atoms with Crippen LogP contribution in [0, 0.1) is 0 Å². The van der Waals surface area contributed by atoms with Gasteiger partial charge in [0.1, 0.15) is 27.2 Å². The summed E-state index contributed by atoms with van der Waals surface area (Å²) >= 11 is 6.68. The van der Waals surface area contributed by atoms with Gasteiger partial charge in [0.05, 0.1) is 19.8 Å². The summed E-state index contributed by atoms with van der Waals surface area (Å²) in [5, 5.41) is 0.0245. The van der Waals surface area contributed by atoms with Crippen LogP contribution < -0.4 is 5.73 Å². The molecule has 0 aliphatic heterocycles. The number of nitrogens with two attached hydrogens (primary N) is 1. The lowest BCUT2D eigenvalue weighted by Gasteiger charge is -2.08. The van der Waals surface area contributed by atoms with Crippen molar-refractivity contribution in [2.45, 2.75) is 6.61 Å². The zero-order valence-corrected chi connectivity index (χ0v) is 14.8. The third-order valence-corrected chi connectivity index (χ3v) is 4.46. The number of hydrogen-bond acceptors (Lipinski definition) is 9. The normalized spacial score (nSPS) is 10.2. The first kappa shape index (κ1) is 18.7. The number of aromatic nitrogens is 1. The molecule has 0 bridgehead atoms. The van der Waals surface area contributed by atoms with E-state index in [1.807, 2.05) is 0 Å². The standard InChI is InChI=1S/C15H13ClN2O6S/c1-22-14(20)9-8(10(15(21)23-2)25-12(9)17)6-24-13(19)7-4-3-5-18-11(7)16/h3-5H,6,17H2,1-2H3. The molecule has 0 radical (unpaired) electrons. The number of thiophene rings is 1. The second-order valence-electron chi connectivity index (χ2n) is 4.55. The van der Waals surface area contributed by atoms with Gasteiger partial charge in [-0.15, -0.1) is 11.3 Å². The highest BCUT2D eigenvalue weighted by Crippen LogP contribution is 2.33. The van der Waals surface area contributed by atoms with Crippen molar-refractivity contribution in [3.05, 3.63) is 45.1 Å². The molecule has 2 aromatic rings. The molecule has 132 valence electrons. The van der Waals surface area contributed by atoms with Gasteiger partial charge < -0.3 is 19.9 Å². The number of ether oxygens (including phenoxy) is 3. The Hall–Kier alpha value is -2.65. The summed E-state index contributed by atoms with van der Waals surface area (Å²) in [4.78, 5) is 39.8. The van der Waals surface area contributed by atoms with Gasteiger partial charge in [-0.25, -0.2) is 19.4 Å². The number of hydrogen-bond donors (Lipinski definition) is 1. The van der Waals surface area contributed by atoms with Crippen LogP contribution in [0.15, 0.2) is 18.3 Å². The molecular weight excluding hydrogens is 372 g/mol. The summed E-state index contributed by atoms with van der Waals surface area (Å²) < 4.78 is 14.5. The number of carbonyl (C=O) groups excluding carboxylic acids is 3. The van der Waals surface area contributed by atoms with Gasteiger partial charge in [0.2, 0.25) is 0 Å². The molecular formula is C15H13ClN2O6S. The minimum absolute atomic E-state index is 0.0290. The molecule has 0 amide bonds. The molecule has 2 heterocycles. The maximum Gasteiger partial charge on any atom is 0.348 e. The van der Waals surface area contributed by atoms with Crippen molar-refractivity contribution in [3.8, 4) is 0 Å². The third-order valence-electron chi connectivity index (χ3n) is 3.12. The molecule has 8 nitrogen and oxygen atoms in total. The highest BCUT2D eigenvalue weighted by molar-refractivity contribution is 7.18. The maximum atomic E-state index is 12.1. The van der Waals surface area contributed by atoms with Gasteiger partial charge in [-0.1, -0.05) is 11.6 Å². The number of halogens is 1. The lowest BCUT2D eigenvalue weighted by molar-refractivity contribution is 0.0452. The Morgan fingerprint density at radius 2 is 1.88 bits per heavy atom. The van der Waals surface area contributed by atoms with Crippen LogP contribution in [-0.2, 0) is 20.8 Å². The molecule has 0 atom stereocenters. The summed E-state index contributed by atoms with van der Waals surface area (Å²) in [5.74, 6) is -2.24. The largest absolute Gasteiger partial charge is 0.465 e. The van der Waals surface area contributed by atoms with E-state index in [-0.39, 0.29) is 31.7 Å². The maximum absolute atomic E-state index is 12.1. The number of esters is 3. The van der Waals surface area contributed by atoms with Crippen molar-refractivity contribution in [2.24, 2.45) is 0 Å². The van der Waals surface area contributed by atoms with Gasteiger partial charge in [0, 0.05) is 11.8 Å². The molecule has 10 heteroatoms. The lowest BCUT2D eigenvalue weighted by Crippen LogP contribution is -2.13. The van der Waals surface area contributed by atoms with Gasteiger partial charge in [0.25, 0.3) is 0 Å². The molecule has 25 heavy (non-hydrogen) atoms. The summed E-state index contributed by atoms with van der Waals surface area (Å²) in [6.07, 6.45) is 1.42. The predicted octanol–water partition coefficient (Wildman–Crippen LogP) is 2.31. The van der Waals surface area contributed by atoms with E-state index >= 15 is 0 Å². The fraction of sp³-hybridized carbons (Fsp3) is 0.200. The van der Waals surface area contributed by atoms with Gasteiger partial charge >= 0.3 is 17.9 Å². The third kappa shape index (κ3) is 3.89. The molecule has 0 saturated heterocycles. The number of rotatable bonds is 5. The second kappa shape index (κ2) is 7.95. The number of carbonyl (C=O) groups is 3. The van der Waals surface area contributed by atoms with Crippen LogP contribution in [0.5, 0.6) is 0 Å². The molecule has 0 unspecified atom stereocenters. The van der Waals surface area contributed by atoms with Crippen LogP contribution in [0.4, 0.5) is 5.00 Å². The second-order valence-corrected chi connectivity index (χ2v) is 5.96. The number of methoxy groups -OCH3 is 2. The smallest absolute Gasteiger partial charge is 0.348 e. The molecule has 2 aromatic heterocycles. The Labute approximate surface area is 151 Å². The minimum atomic E-state index is -0.769. The fourth-order valence-electron chi connectivity index (χ4n) is 1.96. The Morgan fingerprint density at radius 1 is 1.20 bits per heavy atom. The van der Waals surface area contributed by atoms with Gasteiger partial charge in [-0.3, -0.25) is 0 Å². The van der Waals surface area contributed by atoms with E-state index < -0.39 is 24.5 Å². The zero-order chi connectivity index (χ0) is 18.6. The van der Waals surface area contributed by atoms with Crippen LogP contribution >= 0.6 is 22.9 Å². The highest BCUT2D eigenvalue weighted by atomic mass is 35.5. The van der Waals surface area contributed by atoms with Crippen LogP contribution in [0.2, 0.25) is 5.15 Å². The van der Waals surface area contributed by atoms with Gasteiger partial charge in [-0.05, 0) is 12.1 Å². The first-order valence-electron chi connectivity index (χ1n) is 6.76. The van der Waals surface area contributed by atoms with Crippen molar-refractivity contribution >= 4 is 45.8 Å². The van der Waals surface area contributed by atoms with E-state index in [1.54, 1.807) is 0 Å². The molecule has 0 aliphatic rings. The number of nitrogens with zero attached hydrogens (tertiary/aromatic N) is 1. The van der Waals surface area contributed by atoms with Crippen molar-refractivity contribution in [2.75, 3.05) is 20.0 Å². The number of anilines is 1. The van der Waals surface area contributed by atoms with Crippen molar-refractivity contribution in [1.29, 1.82) is 0 Å². The average Bonchev–Trinajstić information content (AvgIpc) is 2.95. The van der Waals surface area contributed by atoms with Gasteiger partial charge in [-0.2, -0.15) is 0 Å². The SMILES string of the molecule is COC(=O)c1sc(N)c(C(=O)OC)c1COC(=O)c1cccnc1Cl. The van der Waals surface area contributed by atoms with Crippen molar-refractivity contribution in [3.63, 3.8) is 0 Å². The zero-order valence-electron chi connectivity index (χ0n) is 13.2. The summed E-state index contributed by atoms with van der Waals surface area (Å²) in [5.41, 5.74) is 5.90. The van der Waals surface area contributed by atoms with Crippen LogP contribution in [0.25, 0.3) is 0 Å². The molecule has 0 spiro atoms. The van der Waals surface area contributed by atoms with E-state index in [0.29, 0.717) is 0 Å². The van der Waals surface area contributed by atoms with Crippen molar-refractivity contribution in [1.82, 2.24) is 4.98 Å². The Bertz CT molecular complexity index is 835. The van der Waals surface area contributed by atoms with E-state index in [4.69, 9.17) is 22.1 Å². The molecule has 2 rings (SSSR count). The first-order chi connectivity index (χ1) is 11.9. The Balaban J connectivity index is 2.34. The Morgan fingerprint density at radius 3 is 2.48 bits per heavy atom. The fourth-order valence-corrected chi connectivity index (χ4v) is 3.14. The summed E-state index contributed by atoms with van der Waals surface area (Å²) in [6.45, 7) is -0.396. The average molecular weight is 385 g/mol. The summed E-state index contributed by atoms with van der Waals surface area (Å²) in [7, 11) is 2.35. The monoisotopic (exact) mass is 384 g/mol. The molecule has 0 aromatic carbocycles. The highest BCUT2D eigenvalue weighted by Gasteiger charge is 2.28. The number of nitrogen functional groups attached to an aromatic ring is 1. The Kier molecular flexibility index (Phi) is 5.94. The lowest BCUT2D eigenvalue weighted by atomic mass is 10.1. The predicted molar refractivity (Wildman–Crippen MR) is 89.8 cm³/mol. The van der Waals surface area contributed by atoms with E-state index in [2.05, 4.69) is 14.5 Å². The minimum Gasteiger partial charge on any atom is -0.465 e. The first-order valence-corrected chi connectivity index (χ1v) is 7.95. The quantitative estimate of drug-likeness (QED) is 0.474. The van der Waals surface area contributed by atoms with Crippen LogP contribution in [0.3, 0.4) is 0 Å². The van der Waals surface area contributed by atoms with E-state index in [0.717, 1.165) is 11.3 Å². The molecule has 0 fully saturated rings. The van der Waals surface area contributed by atoms with Crippen LogP contribution in [-0.4, -0.2) is 37.1 Å². The molecule has 0 saturated carbocycles. The van der Waals surface area contributed by atoms with E-state index in [9.17, 15) is 14.4 Å². The topological polar surface area (TPSA) is 118 Å². The van der Waals surface area contributed by atoms with Crippen molar-refractivity contribution < 1.29 is 28.6 Å². The molecule has 2 N–H and O–H groups in total. The number of pyridine rings is 1.